The second-order valence-corrected chi connectivity index (χ2v) is 20.8. The van der Waals surface area contributed by atoms with Gasteiger partial charge >= 0.3 is 0 Å². The van der Waals surface area contributed by atoms with Gasteiger partial charge in [0.05, 0.1) is 12.2 Å². The van der Waals surface area contributed by atoms with Crippen molar-refractivity contribution in [2.45, 2.75) is 96.4 Å². The highest BCUT2D eigenvalue weighted by atomic mass is 28.4. The summed E-state index contributed by atoms with van der Waals surface area (Å²) in [4.78, 5) is 0. The van der Waals surface area contributed by atoms with Crippen molar-refractivity contribution in [3.05, 3.63) is 47.5 Å². The average Bonchev–Trinajstić information content (AvgIpc) is 2.64. The lowest BCUT2D eigenvalue weighted by Crippen LogP contribution is -2.55. The highest BCUT2D eigenvalue weighted by Gasteiger charge is 2.57. The first-order valence-corrected chi connectivity index (χ1v) is 15.8. The molecule has 0 saturated carbocycles. The molecule has 0 unspecified atom stereocenters. The third-order valence-electron chi connectivity index (χ3n) is 5.80. The van der Waals surface area contributed by atoms with Crippen molar-refractivity contribution in [3.8, 4) is 0 Å². The number of allylic oxidation sites excluding steroid dienone is 1. The molecular formula is C23H40O2Si2. The van der Waals surface area contributed by atoms with Gasteiger partial charge in [-0.15, -0.1) is 0 Å². The molecule has 0 bridgehead atoms. The van der Waals surface area contributed by atoms with Crippen LogP contribution < -0.4 is 0 Å². The Morgan fingerprint density at radius 1 is 0.963 bits per heavy atom. The summed E-state index contributed by atoms with van der Waals surface area (Å²) < 4.78 is 14.1. The van der Waals surface area contributed by atoms with Gasteiger partial charge in [-0.05, 0) is 53.8 Å². The molecule has 0 amide bonds. The van der Waals surface area contributed by atoms with Gasteiger partial charge in [-0.2, -0.15) is 0 Å². The van der Waals surface area contributed by atoms with Gasteiger partial charge in [0.25, 0.3) is 0 Å². The van der Waals surface area contributed by atoms with E-state index in [-0.39, 0.29) is 22.3 Å². The van der Waals surface area contributed by atoms with Crippen LogP contribution in [-0.2, 0) is 8.85 Å². The molecule has 2 rings (SSSR count). The quantitative estimate of drug-likeness (QED) is 0.384. The number of hydrogen-bond donors (Lipinski definition) is 0. The minimum atomic E-state index is -2.18. The summed E-state index contributed by atoms with van der Waals surface area (Å²) in [5, 5.41) is 0.256. The molecule has 1 aliphatic rings. The zero-order valence-corrected chi connectivity index (χ0v) is 21.1. The van der Waals surface area contributed by atoms with E-state index in [4.69, 9.17) is 8.85 Å². The highest BCUT2D eigenvalue weighted by Crippen LogP contribution is 2.57. The average molecular weight is 405 g/mol. The Balaban J connectivity index is 2.65. The van der Waals surface area contributed by atoms with Crippen LogP contribution in [0.15, 0.2) is 42.0 Å². The van der Waals surface area contributed by atoms with Crippen molar-refractivity contribution < 1.29 is 8.85 Å². The minimum absolute atomic E-state index is 0.00172. The Labute approximate surface area is 169 Å². The number of benzene rings is 1. The van der Waals surface area contributed by atoms with Crippen LogP contribution in [0.4, 0.5) is 0 Å². The molecule has 1 aliphatic heterocycles. The van der Waals surface area contributed by atoms with E-state index in [1.165, 1.54) is 11.1 Å². The van der Waals surface area contributed by atoms with E-state index in [0.29, 0.717) is 0 Å². The summed E-state index contributed by atoms with van der Waals surface area (Å²) in [6.45, 7) is 23.3. The maximum atomic E-state index is 7.33. The van der Waals surface area contributed by atoms with Crippen LogP contribution in [0.2, 0.25) is 35.8 Å². The maximum absolute atomic E-state index is 7.33. The Bertz CT molecular complexity index is 646. The van der Waals surface area contributed by atoms with E-state index < -0.39 is 16.6 Å². The number of hydrogen-bond acceptors (Lipinski definition) is 2. The van der Waals surface area contributed by atoms with Crippen LogP contribution in [0.3, 0.4) is 0 Å². The lowest BCUT2D eigenvalue weighted by Gasteiger charge is -2.52. The second-order valence-electron chi connectivity index (χ2n) is 11.1. The first-order chi connectivity index (χ1) is 12.2. The van der Waals surface area contributed by atoms with Gasteiger partial charge in [0.2, 0.25) is 8.32 Å². The van der Waals surface area contributed by atoms with E-state index in [2.05, 4.69) is 105 Å². The van der Waals surface area contributed by atoms with Crippen LogP contribution in [0, 0.1) is 0 Å². The number of rotatable bonds is 3. The third kappa shape index (κ3) is 4.84. The van der Waals surface area contributed by atoms with Crippen LogP contribution in [0.1, 0.15) is 60.1 Å². The van der Waals surface area contributed by atoms with Gasteiger partial charge in [0.1, 0.15) is 0 Å². The van der Waals surface area contributed by atoms with Crippen molar-refractivity contribution in [3.63, 3.8) is 0 Å². The fraction of sp³-hybridized carbons (Fsp3) is 0.652. The first kappa shape index (κ1) is 22.6. The minimum Gasteiger partial charge on any atom is -0.408 e. The fourth-order valence-corrected chi connectivity index (χ4v) is 11.2. The Kier molecular flexibility index (Phi) is 6.38. The zero-order chi connectivity index (χ0) is 20.7. The molecular weight excluding hydrogens is 364 g/mol. The molecule has 0 aromatic heterocycles. The standard InChI is InChI=1S/C23H40O2Si2/c1-18-16-17-27(22(2,3)4,23(5,6)7)25-21(19-14-12-11-13-15-19)20(18)24-26(8,9)10/h11-16,20-21H,17H2,1-10H3/t20-,21+/m0/s1. The lowest BCUT2D eigenvalue weighted by atomic mass is 9.99. The Hall–Kier alpha value is -0.686. The fourth-order valence-electron chi connectivity index (χ4n) is 4.50. The molecule has 0 saturated heterocycles. The van der Waals surface area contributed by atoms with Crippen LogP contribution in [-0.4, -0.2) is 22.7 Å². The third-order valence-corrected chi connectivity index (χ3v) is 13.0. The second kappa shape index (κ2) is 7.62. The summed E-state index contributed by atoms with van der Waals surface area (Å²) in [5.41, 5.74) is 2.56. The highest BCUT2D eigenvalue weighted by molar-refractivity contribution is 6.80. The van der Waals surface area contributed by atoms with Crippen molar-refractivity contribution >= 4 is 16.6 Å². The lowest BCUT2D eigenvalue weighted by molar-refractivity contribution is 0.0566. The molecule has 1 aromatic carbocycles. The smallest absolute Gasteiger partial charge is 0.208 e. The van der Waals surface area contributed by atoms with Crippen molar-refractivity contribution in [2.75, 3.05) is 0 Å². The predicted octanol–water partition coefficient (Wildman–Crippen LogP) is 7.47. The van der Waals surface area contributed by atoms with E-state index in [1.54, 1.807) is 0 Å². The molecule has 2 nitrogen and oxygen atoms in total. The summed E-state index contributed by atoms with van der Waals surface area (Å²) in [6.07, 6.45) is 2.40. The topological polar surface area (TPSA) is 18.5 Å². The van der Waals surface area contributed by atoms with Crippen LogP contribution >= 0.6 is 0 Å². The molecule has 152 valence electrons. The Morgan fingerprint density at radius 2 is 1.48 bits per heavy atom. The maximum Gasteiger partial charge on any atom is 0.208 e. The normalized spacial score (nSPS) is 24.3. The molecule has 27 heavy (non-hydrogen) atoms. The molecule has 1 aromatic rings. The predicted molar refractivity (Wildman–Crippen MR) is 122 cm³/mol. The molecule has 0 aliphatic carbocycles. The molecule has 4 heteroatoms. The summed E-state index contributed by atoms with van der Waals surface area (Å²) in [7, 11) is -3.91. The van der Waals surface area contributed by atoms with E-state index in [9.17, 15) is 0 Å². The first-order valence-electron chi connectivity index (χ1n) is 10.3. The Morgan fingerprint density at radius 3 is 1.93 bits per heavy atom. The monoisotopic (exact) mass is 404 g/mol. The largest absolute Gasteiger partial charge is 0.408 e. The van der Waals surface area contributed by atoms with Crippen molar-refractivity contribution in [1.82, 2.24) is 0 Å². The van der Waals surface area contributed by atoms with E-state index >= 15 is 0 Å². The van der Waals surface area contributed by atoms with Gasteiger partial charge in [-0.1, -0.05) is 78.0 Å². The van der Waals surface area contributed by atoms with Crippen molar-refractivity contribution in [1.29, 1.82) is 0 Å². The summed E-state index contributed by atoms with van der Waals surface area (Å²) >= 11 is 0. The summed E-state index contributed by atoms with van der Waals surface area (Å²) in [5.74, 6) is 0. The molecule has 0 fully saturated rings. The van der Waals surface area contributed by atoms with Crippen LogP contribution in [0.5, 0.6) is 0 Å². The van der Waals surface area contributed by atoms with Gasteiger partial charge < -0.3 is 8.85 Å². The van der Waals surface area contributed by atoms with Gasteiger partial charge in [0.15, 0.2) is 8.32 Å². The van der Waals surface area contributed by atoms with Gasteiger partial charge in [-0.3, -0.25) is 0 Å². The van der Waals surface area contributed by atoms with Crippen molar-refractivity contribution in [2.24, 2.45) is 0 Å². The molecule has 1 heterocycles. The SMILES string of the molecule is CC1=CC[Si](C(C)(C)C)(C(C)(C)C)O[C@H](c2ccccc2)[C@H]1O[Si](C)(C)C. The zero-order valence-electron chi connectivity index (χ0n) is 19.1. The van der Waals surface area contributed by atoms with E-state index in [0.717, 1.165) is 6.04 Å². The molecule has 0 spiro atoms. The molecule has 0 radical (unpaired) electrons. The molecule has 2 atom stereocenters. The summed E-state index contributed by atoms with van der Waals surface area (Å²) in [6, 6.07) is 11.8. The van der Waals surface area contributed by atoms with Crippen LogP contribution in [0.25, 0.3) is 0 Å². The van der Waals surface area contributed by atoms with Gasteiger partial charge in [0, 0.05) is 0 Å². The van der Waals surface area contributed by atoms with E-state index in [1.807, 2.05) is 0 Å². The molecule has 0 N–H and O–H groups in total. The van der Waals surface area contributed by atoms with Gasteiger partial charge in [-0.25, -0.2) is 0 Å².